The highest BCUT2D eigenvalue weighted by molar-refractivity contribution is 6.00. The molecule has 25 heavy (non-hydrogen) atoms. The molecular weight excluding hydrogens is 324 g/mol. The number of carbonyl (C=O) groups is 3. The Bertz CT molecular complexity index is 665. The lowest BCUT2D eigenvalue weighted by molar-refractivity contribution is -0.146. The third-order valence-corrected chi connectivity index (χ3v) is 5.01. The van der Waals surface area contributed by atoms with Gasteiger partial charge in [-0.2, -0.15) is 0 Å². The number of hydrogen-bond acceptors (Lipinski definition) is 4. The van der Waals surface area contributed by atoms with E-state index in [0.717, 1.165) is 5.69 Å². The fourth-order valence-electron chi connectivity index (χ4n) is 3.49. The second kappa shape index (κ2) is 7.13. The van der Waals surface area contributed by atoms with E-state index in [1.165, 1.54) is 0 Å². The van der Waals surface area contributed by atoms with Crippen molar-refractivity contribution in [1.29, 1.82) is 0 Å². The van der Waals surface area contributed by atoms with Crippen molar-refractivity contribution in [2.45, 2.75) is 19.3 Å². The summed E-state index contributed by atoms with van der Waals surface area (Å²) in [4.78, 5) is 39.3. The normalized spacial score (nSPS) is 21.5. The van der Waals surface area contributed by atoms with E-state index in [0.29, 0.717) is 38.2 Å². The van der Waals surface area contributed by atoms with Crippen molar-refractivity contribution in [1.82, 2.24) is 4.90 Å². The lowest BCUT2D eigenvalue weighted by atomic mass is 9.95. The zero-order valence-electron chi connectivity index (χ0n) is 14.2. The molecule has 134 valence electrons. The Morgan fingerprint density at radius 2 is 1.76 bits per heavy atom. The Morgan fingerprint density at radius 3 is 2.32 bits per heavy atom. The minimum Gasteiger partial charge on any atom is -0.497 e. The van der Waals surface area contributed by atoms with Crippen molar-refractivity contribution in [2.24, 2.45) is 11.8 Å². The molecule has 1 aromatic carbocycles. The second-order valence-corrected chi connectivity index (χ2v) is 6.54. The van der Waals surface area contributed by atoms with Gasteiger partial charge in [0.2, 0.25) is 11.8 Å². The van der Waals surface area contributed by atoms with E-state index in [2.05, 4.69) is 0 Å². The van der Waals surface area contributed by atoms with Crippen LogP contribution in [0.1, 0.15) is 19.3 Å². The first-order chi connectivity index (χ1) is 12.0. The summed E-state index contributed by atoms with van der Waals surface area (Å²) < 4.78 is 5.12. The van der Waals surface area contributed by atoms with E-state index in [-0.39, 0.29) is 30.1 Å². The number of nitrogens with zero attached hydrogens (tertiary/aromatic N) is 2. The Labute approximate surface area is 146 Å². The Kier molecular flexibility index (Phi) is 4.92. The number of rotatable bonds is 4. The minimum absolute atomic E-state index is 0.0480. The van der Waals surface area contributed by atoms with Crippen molar-refractivity contribution >= 4 is 23.5 Å². The summed E-state index contributed by atoms with van der Waals surface area (Å²) >= 11 is 0. The Morgan fingerprint density at radius 1 is 1.12 bits per heavy atom. The van der Waals surface area contributed by atoms with Crippen molar-refractivity contribution in [3.05, 3.63) is 24.3 Å². The van der Waals surface area contributed by atoms with Gasteiger partial charge in [-0.25, -0.2) is 0 Å². The zero-order chi connectivity index (χ0) is 18.0. The summed E-state index contributed by atoms with van der Waals surface area (Å²) in [6.45, 7) is 1.26. The highest BCUT2D eigenvalue weighted by Gasteiger charge is 2.38. The molecule has 2 aliphatic rings. The quantitative estimate of drug-likeness (QED) is 0.890. The second-order valence-electron chi connectivity index (χ2n) is 6.54. The maximum Gasteiger partial charge on any atom is 0.306 e. The first-order valence-electron chi connectivity index (χ1n) is 8.45. The third-order valence-electron chi connectivity index (χ3n) is 5.01. The molecule has 0 spiro atoms. The molecule has 2 aliphatic heterocycles. The van der Waals surface area contributed by atoms with Crippen LogP contribution in [0.25, 0.3) is 0 Å². The van der Waals surface area contributed by atoms with Crippen LogP contribution >= 0.6 is 0 Å². The van der Waals surface area contributed by atoms with Crippen molar-refractivity contribution < 1.29 is 24.2 Å². The van der Waals surface area contributed by atoms with Crippen LogP contribution in [0.2, 0.25) is 0 Å². The predicted molar refractivity (Wildman–Crippen MR) is 90.4 cm³/mol. The van der Waals surface area contributed by atoms with E-state index < -0.39 is 5.97 Å². The number of amides is 2. The van der Waals surface area contributed by atoms with Gasteiger partial charge in [0, 0.05) is 31.7 Å². The van der Waals surface area contributed by atoms with Crippen molar-refractivity contribution in [2.75, 3.05) is 31.6 Å². The van der Waals surface area contributed by atoms with E-state index in [1.807, 2.05) is 12.1 Å². The van der Waals surface area contributed by atoms with Crippen molar-refractivity contribution in [3.8, 4) is 5.75 Å². The molecular formula is C18H22N2O5. The Hall–Kier alpha value is -2.57. The molecule has 7 nitrogen and oxygen atoms in total. The predicted octanol–water partition coefficient (Wildman–Crippen LogP) is 1.37. The van der Waals surface area contributed by atoms with Gasteiger partial charge in [-0.3, -0.25) is 14.4 Å². The summed E-state index contributed by atoms with van der Waals surface area (Å²) in [5.41, 5.74) is 0.755. The average Bonchev–Trinajstić information content (AvgIpc) is 3.03. The van der Waals surface area contributed by atoms with Crippen LogP contribution in [0.3, 0.4) is 0 Å². The topological polar surface area (TPSA) is 87.2 Å². The van der Waals surface area contributed by atoms with Gasteiger partial charge < -0.3 is 19.6 Å². The number of benzene rings is 1. The molecule has 0 aromatic heterocycles. The fourth-order valence-corrected chi connectivity index (χ4v) is 3.49. The molecule has 0 saturated carbocycles. The van der Waals surface area contributed by atoms with E-state index in [1.54, 1.807) is 29.0 Å². The van der Waals surface area contributed by atoms with Crippen LogP contribution in [0.5, 0.6) is 5.75 Å². The van der Waals surface area contributed by atoms with E-state index in [9.17, 15) is 14.4 Å². The van der Waals surface area contributed by atoms with Gasteiger partial charge in [0.25, 0.3) is 0 Å². The molecule has 1 N–H and O–H groups in total. The lowest BCUT2D eigenvalue weighted by Crippen LogP contribution is -2.43. The largest absolute Gasteiger partial charge is 0.497 e. The standard InChI is InChI=1S/C18H22N2O5/c1-25-15-4-2-14(3-5-15)20-11-13(10-16(20)21)17(22)19-8-6-12(7-9-19)18(23)24/h2-5,12-13H,6-11H2,1H3,(H,23,24)/t13-/m1/s1. The zero-order valence-corrected chi connectivity index (χ0v) is 14.2. The molecule has 0 radical (unpaired) electrons. The smallest absolute Gasteiger partial charge is 0.306 e. The van der Waals surface area contributed by atoms with Crippen molar-refractivity contribution in [3.63, 3.8) is 0 Å². The maximum absolute atomic E-state index is 12.7. The fraction of sp³-hybridized carbons (Fsp3) is 0.500. The van der Waals surface area contributed by atoms with Gasteiger partial charge in [0.05, 0.1) is 18.9 Å². The molecule has 2 heterocycles. The molecule has 2 saturated heterocycles. The highest BCUT2D eigenvalue weighted by atomic mass is 16.5. The summed E-state index contributed by atoms with van der Waals surface area (Å²) in [5.74, 6) is -0.934. The number of anilines is 1. The molecule has 1 atom stereocenters. The number of carboxylic acids is 1. The third kappa shape index (κ3) is 3.60. The molecule has 0 bridgehead atoms. The molecule has 2 fully saturated rings. The van der Waals surface area contributed by atoms with Crippen LogP contribution in [0.15, 0.2) is 24.3 Å². The monoisotopic (exact) mass is 346 g/mol. The molecule has 2 amide bonds. The highest BCUT2D eigenvalue weighted by Crippen LogP contribution is 2.29. The van der Waals surface area contributed by atoms with Crippen LogP contribution in [0.4, 0.5) is 5.69 Å². The van der Waals surface area contributed by atoms with Gasteiger partial charge in [-0.1, -0.05) is 0 Å². The number of aliphatic carboxylic acids is 1. The summed E-state index contributed by atoms with van der Waals surface area (Å²) in [6, 6.07) is 7.19. The molecule has 7 heteroatoms. The number of hydrogen-bond donors (Lipinski definition) is 1. The number of carbonyl (C=O) groups excluding carboxylic acids is 2. The number of carboxylic acid groups (broad SMARTS) is 1. The van der Waals surface area contributed by atoms with Crippen LogP contribution < -0.4 is 9.64 Å². The van der Waals surface area contributed by atoms with Crippen LogP contribution in [-0.2, 0) is 14.4 Å². The number of methoxy groups -OCH3 is 1. The molecule has 1 aromatic rings. The van der Waals surface area contributed by atoms with E-state index in [4.69, 9.17) is 9.84 Å². The Balaban J connectivity index is 1.62. The molecule has 0 unspecified atom stereocenters. The summed E-state index contributed by atoms with van der Waals surface area (Å²) in [7, 11) is 1.58. The van der Waals surface area contributed by atoms with E-state index >= 15 is 0 Å². The first-order valence-corrected chi connectivity index (χ1v) is 8.45. The molecule has 3 rings (SSSR count). The minimum atomic E-state index is -0.797. The lowest BCUT2D eigenvalue weighted by Gasteiger charge is -2.31. The number of likely N-dealkylation sites (tertiary alicyclic amines) is 1. The number of piperidine rings is 1. The first kappa shape index (κ1) is 17.3. The molecule has 0 aliphatic carbocycles. The SMILES string of the molecule is COc1ccc(N2C[C@H](C(=O)N3CCC(C(=O)O)CC3)CC2=O)cc1. The van der Waals surface area contributed by atoms with Gasteiger partial charge in [-0.15, -0.1) is 0 Å². The van der Waals surface area contributed by atoms with Gasteiger partial charge >= 0.3 is 5.97 Å². The van der Waals surface area contributed by atoms with Gasteiger partial charge in [-0.05, 0) is 37.1 Å². The maximum atomic E-state index is 12.7. The van der Waals surface area contributed by atoms with Gasteiger partial charge in [0.1, 0.15) is 5.75 Å². The van der Waals surface area contributed by atoms with Crippen LogP contribution in [0, 0.1) is 11.8 Å². The van der Waals surface area contributed by atoms with Crippen LogP contribution in [-0.4, -0.2) is 54.5 Å². The number of ether oxygens (including phenoxy) is 1. The average molecular weight is 346 g/mol. The summed E-state index contributed by atoms with van der Waals surface area (Å²) in [6.07, 6.45) is 1.15. The summed E-state index contributed by atoms with van der Waals surface area (Å²) in [5, 5.41) is 9.04. The van der Waals surface area contributed by atoms with Gasteiger partial charge in [0.15, 0.2) is 0 Å².